The molecule has 3 N–H and O–H groups in total. The van der Waals surface area contributed by atoms with Gasteiger partial charge in [0.05, 0.1) is 24.1 Å². The lowest BCUT2D eigenvalue weighted by Gasteiger charge is -2.37. The lowest BCUT2D eigenvalue weighted by molar-refractivity contribution is 0.0249. The number of nitrogens with zero attached hydrogens (tertiary/aromatic N) is 4. The molecule has 0 aliphatic carbocycles. The van der Waals surface area contributed by atoms with Crippen molar-refractivity contribution in [1.29, 1.82) is 0 Å². The number of hydrogen-bond donors (Lipinski definition) is 2. The number of nitrogens with two attached hydrogens (primary N) is 1. The van der Waals surface area contributed by atoms with Gasteiger partial charge >= 0.3 is 0 Å². The molecule has 0 radical (unpaired) electrons. The van der Waals surface area contributed by atoms with E-state index in [1.807, 2.05) is 10.7 Å². The fraction of sp³-hybridized carbons (Fsp3) is 0.444. The summed E-state index contributed by atoms with van der Waals surface area (Å²) in [5, 5.41) is 16.1. The summed E-state index contributed by atoms with van der Waals surface area (Å²) in [6.07, 6.45) is 4.14. The summed E-state index contributed by atoms with van der Waals surface area (Å²) in [6.45, 7) is 2.55. The summed E-state index contributed by atoms with van der Waals surface area (Å²) in [4.78, 5) is 7.62. The minimum Gasteiger partial charge on any atom is -0.492 e. The van der Waals surface area contributed by atoms with Gasteiger partial charge in [0.1, 0.15) is 5.75 Å². The SMILES string of the molecule is NCC1(O)CCN(c2nn3c(-c4cccc5c4OCC5)cnc3s2)CC1. The maximum Gasteiger partial charge on any atom is 0.214 e. The average molecular weight is 371 g/mol. The molecule has 4 heterocycles. The Morgan fingerprint density at radius 1 is 1.31 bits per heavy atom. The summed E-state index contributed by atoms with van der Waals surface area (Å²) in [5.74, 6) is 0.954. The molecule has 1 aromatic carbocycles. The molecule has 2 aliphatic heterocycles. The van der Waals surface area contributed by atoms with Crippen molar-refractivity contribution < 1.29 is 9.84 Å². The van der Waals surface area contributed by atoms with Crippen LogP contribution in [0.1, 0.15) is 18.4 Å². The van der Waals surface area contributed by atoms with E-state index in [0.717, 1.165) is 53.2 Å². The standard InChI is InChI=1S/C18H21N5O2S/c19-11-18(24)5-7-22(8-6-18)17-21-23-14(10-20-16(23)26-17)13-3-1-2-12-4-9-25-15(12)13/h1-3,10,24H,4-9,11,19H2. The first-order chi connectivity index (χ1) is 12.7. The number of fused-ring (bicyclic) bond motifs is 2. The summed E-state index contributed by atoms with van der Waals surface area (Å²) in [6, 6.07) is 6.24. The molecule has 0 saturated carbocycles. The van der Waals surface area contributed by atoms with E-state index < -0.39 is 5.60 Å². The molecular formula is C18H21N5O2S. The van der Waals surface area contributed by atoms with Crippen molar-refractivity contribution in [3.63, 3.8) is 0 Å². The van der Waals surface area contributed by atoms with Crippen molar-refractivity contribution in [2.75, 3.05) is 31.1 Å². The van der Waals surface area contributed by atoms with Crippen LogP contribution in [-0.2, 0) is 6.42 Å². The molecule has 0 amide bonds. The first kappa shape index (κ1) is 16.0. The number of hydrogen-bond acceptors (Lipinski definition) is 7. The van der Waals surface area contributed by atoms with E-state index in [2.05, 4.69) is 28.1 Å². The van der Waals surface area contributed by atoms with Crippen LogP contribution in [0.25, 0.3) is 16.2 Å². The lowest BCUT2D eigenvalue weighted by atomic mass is 9.92. The van der Waals surface area contributed by atoms with Crippen LogP contribution in [0.5, 0.6) is 5.75 Å². The Kier molecular flexibility index (Phi) is 3.66. The molecule has 0 unspecified atom stereocenters. The van der Waals surface area contributed by atoms with E-state index >= 15 is 0 Å². The van der Waals surface area contributed by atoms with Gasteiger partial charge in [-0.3, -0.25) is 0 Å². The minimum atomic E-state index is -0.735. The maximum atomic E-state index is 10.3. The van der Waals surface area contributed by atoms with Crippen LogP contribution in [0.2, 0.25) is 0 Å². The molecule has 2 aromatic heterocycles. The van der Waals surface area contributed by atoms with Gasteiger partial charge in [-0.1, -0.05) is 23.5 Å². The van der Waals surface area contributed by atoms with Crippen molar-refractivity contribution >= 4 is 21.4 Å². The van der Waals surface area contributed by atoms with Gasteiger partial charge in [0.25, 0.3) is 0 Å². The van der Waals surface area contributed by atoms with Gasteiger partial charge in [-0.15, -0.1) is 5.10 Å². The average Bonchev–Trinajstić information content (AvgIpc) is 3.37. The minimum absolute atomic E-state index is 0.311. The van der Waals surface area contributed by atoms with Gasteiger partial charge in [0, 0.05) is 31.6 Å². The van der Waals surface area contributed by atoms with Gasteiger partial charge in [0.2, 0.25) is 10.1 Å². The first-order valence-electron chi connectivity index (χ1n) is 8.94. The monoisotopic (exact) mass is 371 g/mol. The predicted molar refractivity (Wildman–Crippen MR) is 101 cm³/mol. The third-order valence-electron chi connectivity index (χ3n) is 5.41. The Balaban J connectivity index is 1.49. The topological polar surface area (TPSA) is 88.9 Å². The second-order valence-corrected chi connectivity index (χ2v) is 7.96. The fourth-order valence-electron chi connectivity index (χ4n) is 3.73. The number of aromatic nitrogens is 3. The Labute approximate surface area is 155 Å². The number of ether oxygens (including phenoxy) is 1. The number of anilines is 1. The summed E-state index contributed by atoms with van der Waals surface area (Å²) in [5.41, 5.74) is 8.19. The Morgan fingerprint density at radius 3 is 2.96 bits per heavy atom. The third-order valence-corrected chi connectivity index (χ3v) is 6.39. The van der Waals surface area contributed by atoms with Crippen LogP contribution in [-0.4, -0.2) is 51.5 Å². The number of piperidine rings is 1. The van der Waals surface area contributed by atoms with Crippen LogP contribution in [0.15, 0.2) is 24.4 Å². The van der Waals surface area contributed by atoms with Crippen molar-refractivity contribution in [2.45, 2.75) is 24.9 Å². The van der Waals surface area contributed by atoms with Crippen molar-refractivity contribution in [2.24, 2.45) is 5.73 Å². The molecule has 7 nitrogen and oxygen atoms in total. The van der Waals surface area contributed by atoms with Crippen LogP contribution < -0.4 is 15.4 Å². The highest BCUT2D eigenvalue weighted by Gasteiger charge is 2.32. The van der Waals surface area contributed by atoms with Crippen molar-refractivity contribution in [1.82, 2.24) is 14.6 Å². The molecule has 2 aliphatic rings. The molecule has 0 bridgehead atoms. The fourth-order valence-corrected chi connectivity index (χ4v) is 4.66. The molecule has 136 valence electrons. The number of para-hydroxylation sites is 1. The Morgan fingerprint density at radius 2 is 2.15 bits per heavy atom. The zero-order valence-corrected chi connectivity index (χ0v) is 15.2. The van der Waals surface area contributed by atoms with E-state index in [0.29, 0.717) is 19.4 Å². The summed E-state index contributed by atoms with van der Waals surface area (Å²) >= 11 is 1.57. The van der Waals surface area contributed by atoms with E-state index in [1.54, 1.807) is 11.3 Å². The molecule has 0 atom stereocenters. The smallest absolute Gasteiger partial charge is 0.214 e. The number of benzene rings is 1. The van der Waals surface area contributed by atoms with Crippen LogP contribution in [0, 0.1) is 0 Å². The van der Waals surface area contributed by atoms with Gasteiger partial charge < -0.3 is 20.5 Å². The highest BCUT2D eigenvalue weighted by atomic mass is 32.1. The molecule has 0 spiro atoms. The van der Waals surface area contributed by atoms with E-state index in [9.17, 15) is 5.11 Å². The Hall–Kier alpha value is -2.16. The van der Waals surface area contributed by atoms with Crippen molar-refractivity contribution in [3.05, 3.63) is 30.0 Å². The molecule has 8 heteroatoms. The van der Waals surface area contributed by atoms with E-state index in [1.165, 1.54) is 5.56 Å². The Bertz CT molecular complexity index is 958. The number of imidazole rings is 1. The number of rotatable bonds is 3. The molecule has 26 heavy (non-hydrogen) atoms. The van der Waals surface area contributed by atoms with Crippen LogP contribution >= 0.6 is 11.3 Å². The molecule has 3 aromatic rings. The molecule has 5 rings (SSSR count). The van der Waals surface area contributed by atoms with Crippen LogP contribution in [0.3, 0.4) is 0 Å². The lowest BCUT2D eigenvalue weighted by Crippen LogP contribution is -2.48. The van der Waals surface area contributed by atoms with E-state index in [-0.39, 0.29) is 0 Å². The van der Waals surface area contributed by atoms with E-state index in [4.69, 9.17) is 15.6 Å². The van der Waals surface area contributed by atoms with Gasteiger partial charge in [0.15, 0.2) is 0 Å². The highest BCUT2D eigenvalue weighted by molar-refractivity contribution is 7.20. The summed E-state index contributed by atoms with van der Waals surface area (Å²) < 4.78 is 7.75. The molecule has 1 fully saturated rings. The normalized spacial score (nSPS) is 18.9. The second-order valence-electron chi connectivity index (χ2n) is 7.03. The zero-order valence-electron chi connectivity index (χ0n) is 14.4. The van der Waals surface area contributed by atoms with Gasteiger partial charge in [-0.05, 0) is 24.5 Å². The van der Waals surface area contributed by atoms with Crippen molar-refractivity contribution in [3.8, 4) is 17.0 Å². The molecular weight excluding hydrogens is 350 g/mol. The van der Waals surface area contributed by atoms with Gasteiger partial charge in [-0.2, -0.15) is 0 Å². The number of aliphatic hydroxyl groups is 1. The largest absolute Gasteiger partial charge is 0.492 e. The predicted octanol–water partition coefficient (Wildman–Crippen LogP) is 1.68. The highest BCUT2D eigenvalue weighted by Crippen LogP contribution is 2.38. The van der Waals surface area contributed by atoms with Gasteiger partial charge in [-0.25, -0.2) is 9.50 Å². The molecule has 1 saturated heterocycles. The first-order valence-corrected chi connectivity index (χ1v) is 9.75. The quantitative estimate of drug-likeness (QED) is 0.728. The maximum absolute atomic E-state index is 10.3. The zero-order chi connectivity index (χ0) is 17.7. The second kappa shape index (κ2) is 5.94. The summed E-state index contributed by atoms with van der Waals surface area (Å²) in [7, 11) is 0. The van der Waals surface area contributed by atoms with Crippen LogP contribution in [0.4, 0.5) is 5.13 Å². The third kappa shape index (κ3) is 2.48.